The van der Waals surface area contributed by atoms with Crippen molar-refractivity contribution < 1.29 is 23.1 Å². The van der Waals surface area contributed by atoms with Crippen molar-refractivity contribution in [3.05, 3.63) is 34.6 Å². The second-order valence-electron chi connectivity index (χ2n) is 4.68. The molecule has 3 nitrogen and oxygen atoms in total. The van der Waals surface area contributed by atoms with Gasteiger partial charge in [0.2, 0.25) is 0 Å². The molecule has 1 unspecified atom stereocenters. The molecule has 2 N–H and O–H groups in total. The highest BCUT2D eigenvalue weighted by Crippen LogP contribution is 2.22. The van der Waals surface area contributed by atoms with Crippen LogP contribution in [0.1, 0.15) is 35.2 Å². The Morgan fingerprint density at radius 1 is 1.32 bits per heavy atom. The van der Waals surface area contributed by atoms with Crippen LogP contribution in [-0.4, -0.2) is 23.7 Å². The van der Waals surface area contributed by atoms with Gasteiger partial charge in [-0.1, -0.05) is 6.42 Å². The second-order valence-corrected chi connectivity index (χ2v) is 4.68. The molecule has 1 aliphatic rings. The monoisotopic (exact) mass is 273 g/mol. The van der Waals surface area contributed by atoms with Gasteiger partial charge in [0.15, 0.2) is 11.6 Å². The first kappa shape index (κ1) is 13.9. The molecule has 0 spiro atoms. The van der Waals surface area contributed by atoms with E-state index in [1.165, 1.54) is 0 Å². The molecule has 104 valence electrons. The lowest BCUT2D eigenvalue weighted by molar-refractivity contribution is 0.0685. The van der Waals surface area contributed by atoms with E-state index in [1.54, 1.807) is 0 Å². The molecule has 19 heavy (non-hydrogen) atoms. The molecule has 6 heteroatoms. The fourth-order valence-electron chi connectivity index (χ4n) is 2.35. The number of hydrogen-bond donors (Lipinski definition) is 2. The van der Waals surface area contributed by atoms with E-state index < -0.39 is 29.0 Å². The summed E-state index contributed by atoms with van der Waals surface area (Å²) >= 11 is 0. The number of benzene rings is 1. The van der Waals surface area contributed by atoms with E-state index in [0.29, 0.717) is 0 Å². The summed E-state index contributed by atoms with van der Waals surface area (Å²) in [5.74, 6) is -5.95. The number of carbonyl (C=O) groups is 1. The zero-order valence-corrected chi connectivity index (χ0v) is 10.2. The van der Waals surface area contributed by atoms with Crippen LogP contribution >= 0.6 is 0 Å². The minimum atomic E-state index is -1.81. The Bertz CT molecular complexity index is 499. The van der Waals surface area contributed by atoms with Crippen LogP contribution in [0.25, 0.3) is 0 Å². The molecule has 0 aromatic heterocycles. The van der Waals surface area contributed by atoms with Gasteiger partial charge in [0.1, 0.15) is 11.4 Å². The molecule has 0 saturated carbocycles. The predicted octanol–water partition coefficient (Wildman–Crippen LogP) is 2.49. The fraction of sp³-hybridized carbons (Fsp3) is 0.462. The van der Waals surface area contributed by atoms with Gasteiger partial charge in [0.05, 0.1) is 0 Å². The molecule has 1 fully saturated rings. The normalized spacial score (nSPS) is 19.4. The maximum atomic E-state index is 13.7. The fourth-order valence-corrected chi connectivity index (χ4v) is 2.35. The van der Waals surface area contributed by atoms with Crippen molar-refractivity contribution in [1.29, 1.82) is 0 Å². The lowest BCUT2D eigenvalue weighted by Crippen LogP contribution is -2.36. The van der Waals surface area contributed by atoms with Gasteiger partial charge in [-0.15, -0.1) is 0 Å². The third-order valence-corrected chi connectivity index (χ3v) is 3.33. The number of carboxylic acid groups (broad SMARTS) is 1. The molecule has 0 amide bonds. The first-order valence-corrected chi connectivity index (χ1v) is 6.13. The topological polar surface area (TPSA) is 49.3 Å². The molecule has 2 rings (SSSR count). The first-order chi connectivity index (χ1) is 9.00. The van der Waals surface area contributed by atoms with E-state index in [1.807, 2.05) is 0 Å². The highest BCUT2D eigenvalue weighted by atomic mass is 19.2. The molecule has 1 heterocycles. The van der Waals surface area contributed by atoms with Gasteiger partial charge in [-0.05, 0) is 37.4 Å². The third kappa shape index (κ3) is 2.89. The van der Waals surface area contributed by atoms with Crippen LogP contribution in [0.15, 0.2) is 6.07 Å². The maximum absolute atomic E-state index is 13.7. The van der Waals surface area contributed by atoms with E-state index in [-0.39, 0.29) is 18.0 Å². The number of nitrogens with one attached hydrogen (secondary N) is 1. The van der Waals surface area contributed by atoms with Crippen LogP contribution in [0.2, 0.25) is 0 Å². The number of halogens is 3. The summed E-state index contributed by atoms with van der Waals surface area (Å²) in [6, 6.07) is 0.746. The smallest absolute Gasteiger partial charge is 0.341 e. The second kappa shape index (κ2) is 5.61. The lowest BCUT2D eigenvalue weighted by atomic mass is 9.96. The van der Waals surface area contributed by atoms with E-state index in [2.05, 4.69) is 5.32 Å². The number of rotatable bonds is 3. The number of aromatic carboxylic acids is 1. The van der Waals surface area contributed by atoms with Crippen molar-refractivity contribution in [3.8, 4) is 0 Å². The summed E-state index contributed by atoms with van der Waals surface area (Å²) in [5.41, 5.74) is -1.36. The third-order valence-electron chi connectivity index (χ3n) is 3.33. The van der Waals surface area contributed by atoms with Gasteiger partial charge < -0.3 is 10.4 Å². The lowest BCUT2D eigenvalue weighted by Gasteiger charge is -2.23. The van der Waals surface area contributed by atoms with Crippen molar-refractivity contribution in [1.82, 2.24) is 5.32 Å². The summed E-state index contributed by atoms with van der Waals surface area (Å²) < 4.78 is 40.7. The first-order valence-electron chi connectivity index (χ1n) is 6.13. The minimum Gasteiger partial charge on any atom is -0.477 e. The Morgan fingerprint density at radius 3 is 2.63 bits per heavy atom. The predicted molar refractivity (Wildman–Crippen MR) is 62.6 cm³/mol. The van der Waals surface area contributed by atoms with Gasteiger partial charge in [-0.25, -0.2) is 18.0 Å². The molecule has 1 saturated heterocycles. The minimum absolute atomic E-state index is 0.0299. The van der Waals surface area contributed by atoms with Crippen LogP contribution in [0, 0.1) is 17.5 Å². The molecule has 0 bridgehead atoms. The van der Waals surface area contributed by atoms with E-state index in [0.717, 1.165) is 31.9 Å². The van der Waals surface area contributed by atoms with Crippen LogP contribution < -0.4 is 5.32 Å². The van der Waals surface area contributed by atoms with Crippen LogP contribution in [0.4, 0.5) is 13.2 Å². The van der Waals surface area contributed by atoms with Crippen molar-refractivity contribution >= 4 is 5.97 Å². The van der Waals surface area contributed by atoms with E-state index in [9.17, 15) is 18.0 Å². The maximum Gasteiger partial charge on any atom is 0.341 e. The highest BCUT2D eigenvalue weighted by Gasteiger charge is 2.25. The summed E-state index contributed by atoms with van der Waals surface area (Å²) in [4.78, 5) is 10.6. The Labute approximate surface area is 108 Å². The number of carboxylic acids is 1. The molecule has 0 radical (unpaired) electrons. The van der Waals surface area contributed by atoms with Crippen molar-refractivity contribution in [2.45, 2.75) is 31.7 Å². The highest BCUT2D eigenvalue weighted by molar-refractivity contribution is 5.88. The standard InChI is InChI=1S/C13H14F3NO2/c14-9-6-7(5-8-3-1-2-4-17-8)11(15)12(16)10(9)13(18)19/h6,8,17H,1-5H2,(H,18,19). The van der Waals surface area contributed by atoms with Gasteiger partial charge in [-0.2, -0.15) is 0 Å². The number of hydrogen-bond acceptors (Lipinski definition) is 2. The van der Waals surface area contributed by atoms with Gasteiger partial charge >= 0.3 is 5.97 Å². The SMILES string of the molecule is O=C(O)c1c(F)cc(CC2CCCCN2)c(F)c1F. The Hall–Kier alpha value is -1.56. The molecular formula is C13H14F3NO2. The molecule has 1 aromatic carbocycles. The zero-order chi connectivity index (χ0) is 14.0. The Morgan fingerprint density at radius 2 is 2.05 bits per heavy atom. The molecular weight excluding hydrogens is 259 g/mol. The Kier molecular flexibility index (Phi) is 4.09. The summed E-state index contributed by atoms with van der Waals surface area (Å²) in [6.45, 7) is 0.796. The summed E-state index contributed by atoms with van der Waals surface area (Å²) in [7, 11) is 0. The van der Waals surface area contributed by atoms with Crippen LogP contribution in [0.5, 0.6) is 0 Å². The van der Waals surface area contributed by atoms with Crippen molar-refractivity contribution in [2.24, 2.45) is 0 Å². The van der Waals surface area contributed by atoms with Gasteiger partial charge in [0, 0.05) is 6.04 Å². The zero-order valence-electron chi connectivity index (χ0n) is 10.2. The summed E-state index contributed by atoms with van der Waals surface area (Å²) in [5, 5.41) is 11.8. The summed E-state index contributed by atoms with van der Waals surface area (Å²) in [6.07, 6.45) is 2.97. The van der Waals surface area contributed by atoms with E-state index >= 15 is 0 Å². The molecule has 1 aromatic rings. The van der Waals surface area contributed by atoms with Crippen LogP contribution in [-0.2, 0) is 6.42 Å². The Balaban J connectivity index is 2.29. The largest absolute Gasteiger partial charge is 0.477 e. The average Bonchev–Trinajstić information content (AvgIpc) is 2.36. The molecule has 1 atom stereocenters. The molecule has 0 aliphatic carbocycles. The molecule has 1 aliphatic heterocycles. The average molecular weight is 273 g/mol. The van der Waals surface area contributed by atoms with Crippen LogP contribution in [0.3, 0.4) is 0 Å². The van der Waals surface area contributed by atoms with Gasteiger partial charge in [0.25, 0.3) is 0 Å². The van der Waals surface area contributed by atoms with Gasteiger partial charge in [-0.3, -0.25) is 0 Å². The number of piperidine rings is 1. The van der Waals surface area contributed by atoms with Crippen molar-refractivity contribution in [3.63, 3.8) is 0 Å². The van der Waals surface area contributed by atoms with Crippen molar-refractivity contribution in [2.75, 3.05) is 6.54 Å². The quantitative estimate of drug-likeness (QED) is 0.832. The van der Waals surface area contributed by atoms with E-state index in [4.69, 9.17) is 5.11 Å².